The lowest BCUT2D eigenvalue weighted by Crippen LogP contribution is -2.54. The van der Waals surface area contributed by atoms with E-state index in [2.05, 4.69) is 0 Å². The van der Waals surface area contributed by atoms with Gasteiger partial charge in [0.15, 0.2) is 6.04 Å². The second kappa shape index (κ2) is 3.74. The van der Waals surface area contributed by atoms with E-state index in [1.54, 1.807) is 0 Å². The third-order valence-corrected chi connectivity index (χ3v) is 2.06. The summed E-state index contributed by atoms with van der Waals surface area (Å²) >= 11 is 0. The van der Waals surface area contributed by atoms with Crippen molar-refractivity contribution in [1.82, 2.24) is 4.90 Å². The Kier molecular flexibility index (Phi) is 2.87. The van der Waals surface area contributed by atoms with Crippen molar-refractivity contribution < 1.29 is 19.4 Å². The van der Waals surface area contributed by atoms with Crippen molar-refractivity contribution in [1.29, 1.82) is 0 Å². The lowest BCUT2D eigenvalue weighted by atomic mass is 10.2. The maximum absolute atomic E-state index is 11.1. The van der Waals surface area contributed by atoms with Gasteiger partial charge >= 0.3 is 5.97 Å². The number of aliphatic carboxylic acids is 1. The first-order valence-corrected chi connectivity index (χ1v) is 4.14. The number of nitrogens with zero attached hydrogens (tertiary/aromatic N) is 1. The molecule has 1 heterocycles. The SMILES string of the molecule is CC(=O)N1C[C@@H](C)OC[C@H]1C(=O)O. The number of carbonyl (C=O) groups excluding carboxylic acids is 1. The van der Waals surface area contributed by atoms with Crippen molar-refractivity contribution in [2.45, 2.75) is 26.0 Å². The highest BCUT2D eigenvalue weighted by Gasteiger charge is 2.33. The summed E-state index contributed by atoms with van der Waals surface area (Å²) in [7, 11) is 0. The minimum absolute atomic E-state index is 0.0794. The molecule has 2 atom stereocenters. The molecule has 0 saturated carbocycles. The Labute approximate surface area is 76.3 Å². The van der Waals surface area contributed by atoms with Gasteiger partial charge in [0.05, 0.1) is 12.7 Å². The molecule has 1 fully saturated rings. The van der Waals surface area contributed by atoms with Crippen LogP contribution in [0.25, 0.3) is 0 Å². The van der Waals surface area contributed by atoms with Gasteiger partial charge in [-0.25, -0.2) is 4.79 Å². The number of morpholine rings is 1. The summed E-state index contributed by atoms with van der Waals surface area (Å²) in [5.74, 6) is -1.23. The highest BCUT2D eigenvalue weighted by molar-refractivity contribution is 5.82. The van der Waals surface area contributed by atoms with E-state index < -0.39 is 12.0 Å². The Bertz CT molecular complexity index is 228. The number of carboxylic acid groups (broad SMARTS) is 1. The molecule has 1 amide bonds. The third-order valence-electron chi connectivity index (χ3n) is 2.06. The minimum Gasteiger partial charge on any atom is -0.480 e. The van der Waals surface area contributed by atoms with Crippen LogP contribution < -0.4 is 0 Å². The quantitative estimate of drug-likeness (QED) is 0.612. The average Bonchev–Trinajstić information content (AvgIpc) is 2.03. The predicted molar refractivity (Wildman–Crippen MR) is 44.2 cm³/mol. The second-order valence-corrected chi connectivity index (χ2v) is 3.17. The number of hydrogen-bond acceptors (Lipinski definition) is 3. The summed E-state index contributed by atoms with van der Waals surface area (Å²) in [6.45, 7) is 3.62. The molecule has 0 radical (unpaired) electrons. The summed E-state index contributed by atoms with van der Waals surface area (Å²) in [4.78, 5) is 23.1. The van der Waals surface area contributed by atoms with Gasteiger partial charge in [0.25, 0.3) is 0 Å². The maximum atomic E-state index is 11.1. The van der Waals surface area contributed by atoms with E-state index in [-0.39, 0.29) is 18.6 Å². The molecule has 0 spiro atoms. The van der Waals surface area contributed by atoms with Gasteiger partial charge in [-0.2, -0.15) is 0 Å². The largest absolute Gasteiger partial charge is 0.480 e. The zero-order chi connectivity index (χ0) is 10.0. The van der Waals surface area contributed by atoms with E-state index in [0.717, 1.165) is 0 Å². The van der Waals surface area contributed by atoms with Crippen LogP contribution >= 0.6 is 0 Å². The number of carboxylic acids is 1. The Hall–Kier alpha value is -1.10. The van der Waals surface area contributed by atoms with Crippen molar-refractivity contribution in [3.63, 3.8) is 0 Å². The number of rotatable bonds is 1. The molecule has 1 aliphatic rings. The molecule has 1 rings (SSSR count). The van der Waals surface area contributed by atoms with E-state index in [9.17, 15) is 9.59 Å². The van der Waals surface area contributed by atoms with Crippen LogP contribution in [0.1, 0.15) is 13.8 Å². The molecule has 1 N–H and O–H groups in total. The van der Waals surface area contributed by atoms with Crippen LogP contribution in [-0.4, -0.2) is 47.2 Å². The topological polar surface area (TPSA) is 66.8 Å². The zero-order valence-corrected chi connectivity index (χ0v) is 7.69. The van der Waals surface area contributed by atoms with Gasteiger partial charge in [0.1, 0.15) is 0 Å². The van der Waals surface area contributed by atoms with Gasteiger partial charge in [-0.1, -0.05) is 0 Å². The molecule has 0 aliphatic carbocycles. The zero-order valence-electron chi connectivity index (χ0n) is 7.69. The van der Waals surface area contributed by atoms with E-state index >= 15 is 0 Å². The van der Waals surface area contributed by atoms with Crippen LogP contribution in [0, 0.1) is 0 Å². The Balaban J connectivity index is 2.72. The molecule has 0 aromatic rings. The van der Waals surface area contributed by atoms with Gasteiger partial charge in [-0.05, 0) is 6.92 Å². The standard InChI is InChI=1S/C8H13NO4/c1-5-3-9(6(2)10)7(4-13-5)8(11)12/h5,7H,3-4H2,1-2H3,(H,11,12)/t5-,7+/m1/s1. The summed E-state index contributed by atoms with van der Waals surface area (Å²) < 4.78 is 5.16. The fourth-order valence-corrected chi connectivity index (χ4v) is 1.35. The van der Waals surface area contributed by atoms with Crippen molar-refractivity contribution in [2.75, 3.05) is 13.2 Å². The smallest absolute Gasteiger partial charge is 0.328 e. The molecule has 5 heteroatoms. The molecule has 5 nitrogen and oxygen atoms in total. The lowest BCUT2D eigenvalue weighted by Gasteiger charge is -2.35. The maximum Gasteiger partial charge on any atom is 0.328 e. The minimum atomic E-state index is -1.01. The predicted octanol–water partition coefficient (Wildman–Crippen LogP) is -0.293. The molecule has 74 valence electrons. The monoisotopic (exact) mass is 187 g/mol. The molecule has 0 unspecified atom stereocenters. The third kappa shape index (κ3) is 2.18. The van der Waals surface area contributed by atoms with Crippen LogP contribution in [0.4, 0.5) is 0 Å². The summed E-state index contributed by atoms with van der Waals surface area (Å²) in [6.07, 6.45) is -0.0838. The van der Waals surface area contributed by atoms with Gasteiger partial charge < -0.3 is 14.7 Å². The van der Waals surface area contributed by atoms with Crippen LogP contribution in [-0.2, 0) is 14.3 Å². The first kappa shape index (κ1) is 9.98. The molecule has 0 aromatic carbocycles. The average molecular weight is 187 g/mol. The van der Waals surface area contributed by atoms with Crippen molar-refractivity contribution in [3.8, 4) is 0 Å². The van der Waals surface area contributed by atoms with E-state index in [1.807, 2.05) is 6.92 Å². The number of hydrogen-bond donors (Lipinski definition) is 1. The van der Waals surface area contributed by atoms with Gasteiger partial charge in [-0.3, -0.25) is 4.79 Å². The molecule has 1 aliphatic heterocycles. The van der Waals surface area contributed by atoms with Gasteiger partial charge in [-0.15, -0.1) is 0 Å². The van der Waals surface area contributed by atoms with Gasteiger partial charge in [0, 0.05) is 13.5 Å². The fraction of sp³-hybridized carbons (Fsp3) is 0.750. The normalized spacial score (nSPS) is 28.6. The highest BCUT2D eigenvalue weighted by Crippen LogP contribution is 2.11. The second-order valence-electron chi connectivity index (χ2n) is 3.17. The summed E-state index contributed by atoms with van der Waals surface area (Å²) in [5.41, 5.74) is 0. The lowest BCUT2D eigenvalue weighted by molar-refractivity contribution is -0.161. The van der Waals surface area contributed by atoms with Crippen molar-refractivity contribution >= 4 is 11.9 Å². The molecule has 1 saturated heterocycles. The molecule has 0 aromatic heterocycles. The number of ether oxygens (including phenoxy) is 1. The van der Waals surface area contributed by atoms with E-state index in [4.69, 9.17) is 9.84 Å². The fourth-order valence-electron chi connectivity index (χ4n) is 1.35. The molecule has 0 bridgehead atoms. The Morgan fingerprint density at radius 2 is 2.15 bits per heavy atom. The van der Waals surface area contributed by atoms with Crippen LogP contribution in [0.15, 0.2) is 0 Å². The molecule has 13 heavy (non-hydrogen) atoms. The summed E-state index contributed by atoms with van der Waals surface area (Å²) in [5, 5.41) is 8.77. The van der Waals surface area contributed by atoms with Crippen LogP contribution in [0.3, 0.4) is 0 Å². The summed E-state index contributed by atoms with van der Waals surface area (Å²) in [6, 6.07) is -0.825. The van der Waals surface area contributed by atoms with Gasteiger partial charge in [0.2, 0.25) is 5.91 Å². The Morgan fingerprint density at radius 1 is 1.54 bits per heavy atom. The van der Waals surface area contributed by atoms with Crippen molar-refractivity contribution in [3.05, 3.63) is 0 Å². The van der Waals surface area contributed by atoms with Crippen LogP contribution in [0.2, 0.25) is 0 Å². The van der Waals surface area contributed by atoms with Crippen LogP contribution in [0.5, 0.6) is 0 Å². The number of amides is 1. The first-order chi connectivity index (χ1) is 6.02. The van der Waals surface area contributed by atoms with E-state index in [1.165, 1.54) is 11.8 Å². The first-order valence-electron chi connectivity index (χ1n) is 4.14. The number of carbonyl (C=O) groups is 2. The Morgan fingerprint density at radius 3 is 2.62 bits per heavy atom. The molecular weight excluding hydrogens is 174 g/mol. The van der Waals surface area contributed by atoms with Crippen molar-refractivity contribution in [2.24, 2.45) is 0 Å². The van der Waals surface area contributed by atoms with E-state index in [0.29, 0.717) is 6.54 Å². The molecular formula is C8H13NO4. The highest BCUT2D eigenvalue weighted by atomic mass is 16.5.